The van der Waals surface area contributed by atoms with E-state index in [4.69, 9.17) is 23.2 Å². The summed E-state index contributed by atoms with van der Waals surface area (Å²) < 4.78 is 39.4. The number of halogens is 5. The maximum atomic E-state index is 12.8. The van der Waals surface area contributed by atoms with Crippen LogP contribution in [0.15, 0.2) is 24.3 Å². The van der Waals surface area contributed by atoms with Gasteiger partial charge in [-0.05, 0) is 30.7 Å². The molecule has 0 amide bonds. The third-order valence-electron chi connectivity index (χ3n) is 3.44. The van der Waals surface area contributed by atoms with E-state index >= 15 is 0 Å². The molecular formula is C15H12Cl2F3N5O. The van der Waals surface area contributed by atoms with Crippen LogP contribution in [-0.4, -0.2) is 31.2 Å². The molecule has 2 N–H and O–H groups in total. The van der Waals surface area contributed by atoms with Crippen LogP contribution in [0.5, 0.6) is 0 Å². The molecule has 0 radical (unpaired) electrons. The molecular weight excluding hydrogens is 394 g/mol. The van der Waals surface area contributed by atoms with Crippen LogP contribution in [0.25, 0.3) is 5.78 Å². The van der Waals surface area contributed by atoms with Crippen LogP contribution < -0.4 is 5.32 Å². The number of benzene rings is 1. The molecule has 0 fully saturated rings. The molecule has 0 saturated carbocycles. The van der Waals surface area contributed by atoms with Crippen LogP contribution in [0.1, 0.15) is 23.2 Å². The van der Waals surface area contributed by atoms with Gasteiger partial charge in [0.1, 0.15) is 5.82 Å². The zero-order valence-electron chi connectivity index (χ0n) is 13.2. The van der Waals surface area contributed by atoms with Crippen molar-refractivity contribution >= 4 is 34.8 Å². The molecule has 2 heterocycles. The van der Waals surface area contributed by atoms with Crippen LogP contribution in [0.3, 0.4) is 0 Å². The van der Waals surface area contributed by atoms with E-state index in [0.717, 1.165) is 4.52 Å². The minimum atomic E-state index is -4.68. The molecule has 1 aromatic carbocycles. The smallest absolute Gasteiger partial charge is 0.387 e. The largest absolute Gasteiger partial charge is 0.453 e. The fourth-order valence-corrected chi connectivity index (χ4v) is 2.86. The molecule has 11 heteroatoms. The molecule has 0 spiro atoms. The number of aryl methyl sites for hydroxylation is 1. The number of rotatable bonds is 4. The van der Waals surface area contributed by atoms with Crippen molar-refractivity contribution in [2.24, 2.45) is 0 Å². The Hall–Kier alpha value is -2.10. The van der Waals surface area contributed by atoms with E-state index in [-0.39, 0.29) is 18.1 Å². The maximum Gasteiger partial charge on any atom is 0.453 e. The number of hydrogen-bond donors (Lipinski definition) is 2. The SMILES string of the molecule is Cc1cc(NCC(O)c2cc(Cl)cc(Cl)c2)n2nc(C(F)(F)F)nc2n1. The summed E-state index contributed by atoms with van der Waals surface area (Å²) in [5, 5.41) is 17.3. The van der Waals surface area contributed by atoms with E-state index < -0.39 is 18.1 Å². The van der Waals surface area contributed by atoms with Crippen molar-refractivity contribution in [3.05, 3.63) is 51.4 Å². The Bertz CT molecular complexity index is 940. The Morgan fingerprint density at radius 1 is 1.15 bits per heavy atom. The topological polar surface area (TPSA) is 75.3 Å². The average molecular weight is 406 g/mol. The standard InChI is InChI=1S/C15H12Cl2F3N5O/c1-7-2-12(25-14(22-7)23-13(24-25)15(18,19)20)21-6-11(26)8-3-9(16)5-10(17)4-8/h2-5,11,21,26H,6H2,1H3. The quantitative estimate of drug-likeness (QED) is 0.688. The van der Waals surface area contributed by atoms with Crippen LogP contribution in [0.4, 0.5) is 19.0 Å². The first-order chi connectivity index (χ1) is 12.1. The fraction of sp³-hybridized carbons (Fsp3) is 0.267. The molecule has 138 valence electrons. The number of aromatic nitrogens is 4. The first-order valence-electron chi connectivity index (χ1n) is 7.33. The molecule has 3 rings (SSSR count). The van der Waals surface area contributed by atoms with Crippen LogP contribution in [0, 0.1) is 6.92 Å². The second-order valence-electron chi connectivity index (χ2n) is 5.53. The van der Waals surface area contributed by atoms with E-state index in [1.807, 2.05) is 0 Å². The highest BCUT2D eigenvalue weighted by molar-refractivity contribution is 6.34. The summed E-state index contributed by atoms with van der Waals surface area (Å²) in [5.41, 5.74) is 0.910. The van der Waals surface area contributed by atoms with Crippen molar-refractivity contribution in [3.8, 4) is 0 Å². The molecule has 0 bridgehead atoms. The van der Waals surface area contributed by atoms with Crippen molar-refractivity contribution in [3.63, 3.8) is 0 Å². The summed E-state index contributed by atoms with van der Waals surface area (Å²) in [7, 11) is 0. The monoisotopic (exact) mass is 405 g/mol. The highest BCUT2D eigenvalue weighted by atomic mass is 35.5. The maximum absolute atomic E-state index is 12.8. The van der Waals surface area contributed by atoms with E-state index in [0.29, 0.717) is 21.3 Å². The van der Waals surface area contributed by atoms with Gasteiger partial charge in [0.25, 0.3) is 11.6 Å². The molecule has 1 unspecified atom stereocenters. The van der Waals surface area contributed by atoms with Gasteiger partial charge in [-0.15, -0.1) is 5.10 Å². The summed E-state index contributed by atoms with van der Waals surface area (Å²) in [6, 6.07) is 6.12. The van der Waals surface area contributed by atoms with E-state index in [1.54, 1.807) is 19.1 Å². The van der Waals surface area contributed by atoms with Gasteiger partial charge >= 0.3 is 6.18 Å². The predicted molar refractivity (Wildman–Crippen MR) is 90.4 cm³/mol. The molecule has 26 heavy (non-hydrogen) atoms. The minimum Gasteiger partial charge on any atom is -0.387 e. The number of anilines is 1. The van der Waals surface area contributed by atoms with Gasteiger partial charge in [-0.3, -0.25) is 0 Å². The molecule has 3 aromatic rings. The lowest BCUT2D eigenvalue weighted by molar-refractivity contribution is -0.144. The number of nitrogens with zero attached hydrogens (tertiary/aromatic N) is 4. The van der Waals surface area contributed by atoms with Crippen LogP contribution in [0.2, 0.25) is 10.0 Å². The number of hydrogen-bond acceptors (Lipinski definition) is 5. The van der Waals surface area contributed by atoms with E-state index in [9.17, 15) is 18.3 Å². The number of aliphatic hydroxyl groups is 1. The predicted octanol–water partition coefficient (Wildman–Crippen LogP) is 3.90. The van der Waals surface area contributed by atoms with Crippen molar-refractivity contribution in [1.29, 1.82) is 0 Å². The van der Waals surface area contributed by atoms with Gasteiger partial charge < -0.3 is 10.4 Å². The lowest BCUT2D eigenvalue weighted by Gasteiger charge is -2.14. The second kappa shape index (κ2) is 6.90. The molecule has 0 aliphatic heterocycles. The first-order valence-corrected chi connectivity index (χ1v) is 8.08. The number of fused-ring (bicyclic) bond motifs is 1. The third kappa shape index (κ3) is 4.00. The number of alkyl halides is 3. The number of nitrogens with one attached hydrogen (secondary N) is 1. The Kier molecular flexibility index (Phi) is 4.96. The molecule has 0 aliphatic rings. The molecule has 2 aromatic heterocycles. The first kappa shape index (κ1) is 18.7. The number of aliphatic hydroxyl groups excluding tert-OH is 1. The summed E-state index contributed by atoms with van der Waals surface area (Å²) in [6.07, 6.45) is -5.68. The van der Waals surface area contributed by atoms with E-state index in [2.05, 4.69) is 20.4 Å². The Labute approximate surface area is 155 Å². The highest BCUT2D eigenvalue weighted by Crippen LogP contribution is 2.27. The molecule has 0 aliphatic carbocycles. The Balaban J connectivity index is 1.87. The van der Waals surface area contributed by atoms with Gasteiger partial charge in [0.05, 0.1) is 6.10 Å². The van der Waals surface area contributed by atoms with Crippen molar-refractivity contribution < 1.29 is 18.3 Å². The van der Waals surface area contributed by atoms with Gasteiger partial charge in [0, 0.05) is 28.4 Å². The average Bonchev–Trinajstić information content (AvgIpc) is 2.95. The summed E-state index contributed by atoms with van der Waals surface area (Å²) in [5.74, 6) is -1.27. The van der Waals surface area contributed by atoms with Gasteiger partial charge in [0.2, 0.25) is 0 Å². The zero-order chi connectivity index (χ0) is 19.1. The van der Waals surface area contributed by atoms with Crippen molar-refractivity contribution in [2.75, 3.05) is 11.9 Å². The van der Waals surface area contributed by atoms with Gasteiger partial charge in [0.15, 0.2) is 0 Å². The van der Waals surface area contributed by atoms with Crippen molar-refractivity contribution in [2.45, 2.75) is 19.2 Å². The van der Waals surface area contributed by atoms with Gasteiger partial charge in [-0.25, -0.2) is 4.98 Å². The second-order valence-corrected chi connectivity index (χ2v) is 6.40. The van der Waals surface area contributed by atoms with Gasteiger partial charge in [-0.1, -0.05) is 23.2 Å². The summed E-state index contributed by atoms with van der Waals surface area (Å²) >= 11 is 11.8. The Morgan fingerprint density at radius 3 is 2.42 bits per heavy atom. The Morgan fingerprint density at radius 2 is 1.81 bits per heavy atom. The zero-order valence-corrected chi connectivity index (χ0v) is 14.7. The molecule has 6 nitrogen and oxygen atoms in total. The lowest BCUT2D eigenvalue weighted by Crippen LogP contribution is -2.15. The third-order valence-corrected chi connectivity index (χ3v) is 3.88. The van der Waals surface area contributed by atoms with Crippen LogP contribution >= 0.6 is 23.2 Å². The fourth-order valence-electron chi connectivity index (χ4n) is 2.32. The van der Waals surface area contributed by atoms with Crippen molar-refractivity contribution in [1.82, 2.24) is 19.6 Å². The van der Waals surface area contributed by atoms with E-state index in [1.165, 1.54) is 12.1 Å². The summed E-state index contributed by atoms with van der Waals surface area (Å²) in [6.45, 7) is 1.59. The molecule has 0 saturated heterocycles. The minimum absolute atomic E-state index is 0.0174. The van der Waals surface area contributed by atoms with Gasteiger partial charge in [-0.2, -0.15) is 22.7 Å². The normalized spacial score (nSPS) is 13.2. The molecule has 1 atom stereocenters. The van der Waals surface area contributed by atoms with Crippen LogP contribution in [-0.2, 0) is 6.18 Å². The lowest BCUT2D eigenvalue weighted by atomic mass is 10.1. The summed E-state index contributed by atoms with van der Waals surface area (Å²) in [4.78, 5) is 7.32. The highest BCUT2D eigenvalue weighted by Gasteiger charge is 2.36.